The highest BCUT2D eigenvalue weighted by Gasteiger charge is 2.27. The van der Waals surface area contributed by atoms with Crippen molar-refractivity contribution in [2.45, 2.75) is 59.0 Å². The molecule has 22 heavy (non-hydrogen) atoms. The lowest BCUT2D eigenvalue weighted by Crippen LogP contribution is -2.51. The molecule has 0 aliphatic heterocycles. The van der Waals surface area contributed by atoms with Crippen molar-refractivity contribution in [1.29, 1.82) is 0 Å². The third kappa shape index (κ3) is 4.98. The minimum Gasteiger partial charge on any atom is -0.396 e. The fraction of sp³-hybridized carbons (Fsp3) is 0.647. The van der Waals surface area contributed by atoms with Crippen LogP contribution in [0.5, 0.6) is 0 Å². The summed E-state index contributed by atoms with van der Waals surface area (Å²) in [6.07, 6.45) is 3.04. The maximum atomic E-state index is 12.4. The molecule has 1 rings (SSSR count). The molecule has 5 heteroatoms. The summed E-state index contributed by atoms with van der Waals surface area (Å²) >= 11 is 0. The van der Waals surface area contributed by atoms with E-state index in [0.717, 1.165) is 17.7 Å². The summed E-state index contributed by atoms with van der Waals surface area (Å²) in [5, 5.41) is 15.2. The van der Waals surface area contributed by atoms with E-state index in [1.165, 1.54) is 0 Å². The van der Waals surface area contributed by atoms with E-state index in [2.05, 4.69) is 29.5 Å². The second-order valence-electron chi connectivity index (χ2n) is 6.41. The Morgan fingerprint density at radius 1 is 1.45 bits per heavy atom. The van der Waals surface area contributed by atoms with Crippen molar-refractivity contribution in [1.82, 2.24) is 15.6 Å². The fourth-order valence-corrected chi connectivity index (χ4v) is 2.40. The summed E-state index contributed by atoms with van der Waals surface area (Å²) in [6, 6.07) is 3.53. The number of aryl methyl sites for hydroxylation is 1. The maximum absolute atomic E-state index is 12.4. The number of rotatable bonds is 7. The molecule has 0 fully saturated rings. The van der Waals surface area contributed by atoms with Gasteiger partial charge in [0.15, 0.2) is 0 Å². The van der Waals surface area contributed by atoms with Crippen LogP contribution in [0.4, 0.5) is 4.79 Å². The van der Waals surface area contributed by atoms with E-state index in [4.69, 9.17) is 5.11 Å². The van der Waals surface area contributed by atoms with Crippen molar-refractivity contribution in [2.24, 2.45) is 5.92 Å². The number of hydrogen-bond donors (Lipinski definition) is 3. The van der Waals surface area contributed by atoms with Crippen LogP contribution in [0, 0.1) is 12.8 Å². The van der Waals surface area contributed by atoms with Gasteiger partial charge in [0.25, 0.3) is 0 Å². The van der Waals surface area contributed by atoms with E-state index < -0.39 is 5.54 Å². The van der Waals surface area contributed by atoms with Gasteiger partial charge < -0.3 is 15.7 Å². The number of carbonyl (C=O) groups excluding carboxylic acids is 1. The van der Waals surface area contributed by atoms with Gasteiger partial charge in [0, 0.05) is 18.3 Å². The number of nitrogens with one attached hydrogen (secondary N) is 2. The Morgan fingerprint density at radius 2 is 2.14 bits per heavy atom. The molecule has 0 aromatic carbocycles. The average molecular weight is 307 g/mol. The number of amides is 2. The van der Waals surface area contributed by atoms with Gasteiger partial charge in [-0.1, -0.05) is 26.8 Å². The van der Waals surface area contributed by atoms with Gasteiger partial charge in [0.1, 0.15) is 0 Å². The Kier molecular flexibility index (Phi) is 6.81. The van der Waals surface area contributed by atoms with Crippen LogP contribution in [0.2, 0.25) is 0 Å². The Balaban J connectivity index is 2.84. The van der Waals surface area contributed by atoms with Crippen molar-refractivity contribution >= 4 is 6.03 Å². The molecule has 2 unspecified atom stereocenters. The summed E-state index contributed by atoms with van der Waals surface area (Å²) in [5.74, 6) is 0.227. The van der Waals surface area contributed by atoms with E-state index in [0.29, 0.717) is 6.42 Å². The summed E-state index contributed by atoms with van der Waals surface area (Å²) < 4.78 is 0. The second kappa shape index (κ2) is 8.13. The van der Waals surface area contributed by atoms with Gasteiger partial charge in [-0.15, -0.1) is 0 Å². The molecule has 124 valence electrons. The first-order valence-corrected chi connectivity index (χ1v) is 7.94. The predicted octanol–water partition coefficient (Wildman–Crippen LogP) is 2.94. The fourth-order valence-electron chi connectivity index (χ4n) is 2.40. The third-order valence-corrected chi connectivity index (χ3v) is 4.16. The van der Waals surface area contributed by atoms with Gasteiger partial charge in [0.2, 0.25) is 0 Å². The van der Waals surface area contributed by atoms with Crippen LogP contribution in [0.3, 0.4) is 0 Å². The first-order valence-electron chi connectivity index (χ1n) is 7.94. The lowest BCUT2D eigenvalue weighted by Gasteiger charge is -2.31. The molecular weight excluding hydrogens is 278 g/mol. The molecule has 0 spiro atoms. The van der Waals surface area contributed by atoms with Crippen LogP contribution in [0.15, 0.2) is 18.3 Å². The number of pyridine rings is 1. The molecule has 1 aromatic rings. The van der Waals surface area contributed by atoms with Crippen molar-refractivity contribution in [3.8, 4) is 0 Å². The molecule has 0 aliphatic rings. The third-order valence-electron chi connectivity index (χ3n) is 4.16. The Labute approximate surface area is 133 Å². The zero-order valence-electron chi connectivity index (χ0n) is 14.3. The molecule has 0 saturated carbocycles. The number of hydrogen-bond acceptors (Lipinski definition) is 3. The lowest BCUT2D eigenvalue weighted by atomic mass is 9.95. The minimum atomic E-state index is -0.403. The summed E-state index contributed by atoms with van der Waals surface area (Å²) in [6.45, 7) is 10.1. The predicted molar refractivity (Wildman–Crippen MR) is 88.6 cm³/mol. The number of aliphatic hydroxyl groups excluding tert-OH is 1. The van der Waals surface area contributed by atoms with E-state index in [-0.39, 0.29) is 24.6 Å². The molecule has 1 heterocycles. The number of carbonyl (C=O) groups is 1. The van der Waals surface area contributed by atoms with Crippen LogP contribution in [0.1, 0.15) is 57.8 Å². The van der Waals surface area contributed by atoms with Gasteiger partial charge in [-0.05, 0) is 44.2 Å². The smallest absolute Gasteiger partial charge is 0.315 e. The molecule has 0 bridgehead atoms. The Morgan fingerprint density at radius 3 is 2.64 bits per heavy atom. The number of aliphatic hydroxyl groups is 1. The van der Waals surface area contributed by atoms with Gasteiger partial charge in [0.05, 0.1) is 11.7 Å². The molecule has 1 aromatic heterocycles. The van der Waals surface area contributed by atoms with Crippen LogP contribution in [0.25, 0.3) is 0 Å². The normalized spacial score (nSPS) is 15.2. The van der Waals surface area contributed by atoms with Crippen molar-refractivity contribution in [3.63, 3.8) is 0 Å². The van der Waals surface area contributed by atoms with Crippen LogP contribution >= 0.6 is 0 Å². The van der Waals surface area contributed by atoms with Crippen LogP contribution in [-0.4, -0.2) is 28.3 Å². The molecule has 0 saturated heterocycles. The monoisotopic (exact) mass is 307 g/mol. The number of aromatic nitrogens is 1. The summed E-state index contributed by atoms with van der Waals surface area (Å²) in [4.78, 5) is 16.8. The average Bonchev–Trinajstić information content (AvgIpc) is 2.45. The Hall–Kier alpha value is -1.62. The highest BCUT2D eigenvalue weighted by molar-refractivity contribution is 5.75. The Bertz CT molecular complexity index is 491. The van der Waals surface area contributed by atoms with Crippen molar-refractivity contribution < 1.29 is 9.90 Å². The minimum absolute atomic E-state index is 0.0532. The molecule has 2 atom stereocenters. The largest absolute Gasteiger partial charge is 0.396 e. The van der Waals surface area contributed by atoms with Crippen LogP contribution < -0.4 is 10.6 Å². The topological polar surface area (TPSA) is 74.2 Å². The molecule has 5 nitrogen and oxygen atoms in total. The first kappa shape index (κ1) is 18.4. The van der Waals surface area contributed by atoms with E-state index in [9.17, 15) is 4.79 Å². The summed E-state index contributed by atoms with van der Waals surface area (Å²) in [5.41, 5.74) is 1.56. The van der Waals surface area contributed by atoms with Gasteiger partial charge >= 0.3 is 6.03 Å². The second-order valence-corrected chi connectivity index (χ2v) is 6.41. The zero-order valence-corrected chi connectivity index (χ0v) is 14.3. The molecule has 0 aliphatic carbocycles. The molecule has 0 radical (unpaired) electrons. The summed E-state index contributed by atoms with van der Waals surface area (Å²) in [7, 11) is 0. The maximum Gasteiger partial charge on any atom is 0.315 e. The SMILES string of the molecule is CCC(C)(CCO)NC(=O)NC(c1ncccc1C)C(C)C. The van der Waals surface area contributed by atoms with E-state index in [1.807, 2.05) is 32.9 Å². The standard InChI is InChI=1S/C17H29N3O2/c1-6-17(5,9-11-21)20-16(22)19-14(12(2)3)15-13(4)8-7-10-18-15/h7-8,10,12,14,21H,6,9,11H2,1-5H3,(H2,19,20,22). The van der Waals surface area contributed by atoms with Crippen LogP contribution in [-0.2, 0) is 0 Å². The number of urea groups is 1. The number of nitrogens with zero attached hydrogens (tertiary/aromatic N) is 1. The lowest BCUT2D eigenvalue weighted by molar-refractivity contribution is 0.196. The van der Waals surface area contributed by atoms with Crippen molar-refractivity contribution in [3.05, 3.63) is 29.6 Å². The quantitative estimate of drug-likeness (QED) is 0.725. The van der Waals surface area contributed by atoms with Gasteiger partial charge in [-0.25, -0.2) is 4.79 Å². The van der Waals surface area contributed by atoms with E-state index in [1.54, 1.807) is 6.20 Å². The first-order chi connectivity index (χ1) is 10.3. The van der Waals surface area contributed by atoms with E-state index >= 15 is 0 Å². The van der Waals surface area contributed by atoms with Gasteiger partial charge in [-0.3, -0.25) is 4.98 Å². The van der Waals surface area contributed by atoms with Gasteiger partial charge in [-0.2, -0.15) is 0 Å². The molecular formula is C17H29N3O2. The van der Waals surface area contributed by atoms with Crippen molar-refractivity contribution in [2.75, 3.05) is 6.61 Å². The zero-order chi connectivity index (χ0) is 16.8. The highest BCUT2D eigenvalue weighted by Crippen LogP contribution is 2.23. The molecule has 3 N–H and O–H groups in total. The highest BCUT2D eigenvalue weighted by atomic mass is 16.3. The molecule has 2 amide bonds.